The van der Waals surface area contributed by atoms with Gasteiger partial charge in [0.1, 0.15) is 6.10 Å². The Balaban J connectivity index is 3.43. The summed E-state index contributed by atoms with van der Waals surface area (Å²) >= 11 is 0. The molecule has 0 aliphatic carbocycles. The molecule has 320 valence electrons. The van der Waals surface area contributed by atoms with E-state index in [4.69, 9.17) is 9.47 Å². The zero-order valence-corrected chi connectivity index (χ0v) is 36.7. The zero-order chi connectivity index (χ0) is 39.8. The van der Waals surface area contributed by atoms with Crippen LogP contribution in [-0.4, -0.2) is 37.0 Å². The van der Waals surface area contributed by atoms with E-state index < -0.39 is 6.10 Å². The summed E-state index contributed by atoms with van der Waals surface area (Å²) in [5.41, 5.74) is 0. The number of ether oxygens (including phenoxy) is 2. The highest BCUT2D eigenvalue weighted by molar-refractivity contribution is 5.69. The van der Waals surface area contributed by atoms with Crippen molar-refractivity contribution in [1.29, 1.82) is 0 Å². The molecule has 0 saturated carbocycles. The number of rotatable bonds is 44. The highest BCUT2D eigenvalue weighted by Gasteiger charge is 2.13. The molecule has 0 aliphatic rings. The van der Waals surface area contributed by atoms with Gasteiger partial charge in [0, 0.05) is 13.0 Å². The molecule has 0 saturated heterocycles. The van der Waals surface area contributed by atoms with Gasteiger partial charge in [-0.05, 0) is 77.0 Å². The van der Waals surface area contributed by atoms with E-state index in [0.717, 1.165) is 44.9 Å². The first-order valence-electron chi connectivity index (χ1n) is 23.9. The molecular formula is C51H92O4. The molecule has 0 aliphatic heterocycles. The topological polar surface area (TPSA) is 55.8 Å². The molecule has 4 nitrogen and oxygen atoms in total. The van der Waals surface area contributed by atoms with Crippen LogP contribution in [0.4, 0.5) is 0 Å². The summed E-state index contributed by atoms with van der Waals surface area (Å²) in [5, 5.41) is 9.63. The quantitative estimate of drug-likeness (QED) is 0.0381. The monoisotopic (exact) mass is 769 g/mol. The van der Waals surface area contributed by atoms with Gasteiger partial charge < -0.3 is 14.6 Å². The van der Waals surface area contributed by atoms with E-state index in [0.29, 0.717) is 19.6 Å². The van der Waals surface area contributed by atoms with Crippen LogP contribution in [0.3, 0.4) is 0 Å². The van der Waals surface area contributed by atoms with E-state index in [2.05, 4.69) is 74.6 Å². The van der Waals surface area contributed by atoms with Gasteiger partial charge in [-0.3, -0.25) is 4.79 Å². The zero-order valence-electron chi connectivity index (χ0n) is 36.7. The van der Waals surface area contributed by atoms with Gasteiger partial charge >= 0.3 is 5.97 Å². The van der Waals surface area contributed by atoms with Crippen LogP contribution in [0, 0.1) is 0 Å². The second kappa shape index (κ2) is 48.2. The standard InChI is InChI=1S/C51H92O4/c1-3-5-7-9-11-13-15-17-19-21-23-25-27-29-31-33-35-37-39-41-43-45-47-54-49-50(48-52)55-51(53)46-44-42-40-38-36-34-32-30-28-26-24-22-20-18-16-14-12-10-8-6-4-2/h5,7,11,13,17,19,22-25,50,52H,3-4,6,8-10,12,14-16,18,20-21,26-49H2,1-2H3/b7-5-,13-11-,19-17-,24-22-,25-23-. The molecule has 0 radical (unpaired) electrons. The van der Waals surface area contributed by atoms with Gasteiger partial charge in [0.15, 0.2) is 0 Å². The Kier molecular flexibility index (Phi) is 46.6. The summed E-state index contributed by atoms with van der Waals surface area (Å²) in [6.45, 7) is 5.24. The van der Waals surface area contributed by atoms with Crippen LogP contribution in [0.15, 0.2) is 60.8 Å². The van der Waals surface area contributed by atoms with Gasteiger partial charge in [0.05, 0.1) is 13.2 Å². The largest absolute Gasteiger partial charge is 0.457 e. The van der Waals surface area contributed by atoms with Gasteiger partial charge in [-0.15, -0.1) is 0 Å². The van der Waals surface area contributed by atoms with Crippen LogP contribution in [0.5, 0.6) is 0 Å². The average Bonchev–Trinajstić information content (AvgIpc) is 3.19. The first kappa shape index (κ1) is 53.1. The third kappa shape index (κ3) is 46.4. The Morgan fingerprint density at radius 1 is 0.455 bits per heavy atom. The molecule has 0 amide bonds. The molecule has 0 bridgehead atoms. The van der Waals surface area contributed by atoms with E-state index in [1.807, 2.05) is 0 Å². The maximum Gasteiger partial charge on any atom is 0.306 e. The first-order chi connectivity index (χ1) is 27.2. The van der Waals surface area contributed by atoms with Gasteiger partial charge in [-0.1, -0.05) is 209 Å². The van der Waals surface area contributed by atoms with E-state index in [-0.39, 0.29) is 12.6 Å². The fourth-order valence-corrected chi connectivity index (χ4v) is 6.79. The van der Waals surface area contributed by atoms with Crippen molar-refractivity contribution in [2.75, 3.05) is 19.8 Å². The van der Waals surface area contributed by atoms with Crippen LogP contribution < -0.4 is 0 Å². The Bertz CT molecular complexity index is 900. The van der Waals surface area contributed by atoms with Crippen LogP contribution in [0.2, 0.25) is 0 Å². The van der Waals surface area contributed by atoms with E-state index in [1.54, 1.807) is 0 Å². The smallest absolute Gasteiger partial charge is 0.306 e. The number of hydrogen-bond acceptors (Lipinski definition) is 4. The first-order valence-corrected chi connectivity index (χ1v) is 23.9. The molecule has 0 spiro atoms. The number of esters is 1. The number of unbranched alkanes of at least 4 members (excludes halogenated alkanes) is 26. The maximum atomic E-state index is 12.2. The number of hydrogen-bond donors (Lipinski definition) is 1. The van der Waals surface area contributed by atoms with Gasteiger partial charge in [0.25, 0.3) is 0 Å². The van der Waals surface area contributed by atoms with Crippen molar-refractivity contribution in [3.8, 4) is 0 Å². The molecule has 0 aromatic heterocycles. The number of aliphatic hydroxyl groups is 1. The highest BCUT2D eigenvalue weighted by Crippen LogP contribution is 2.14. The highest BCUT2D eigenvalue weighted by atomic mass is 16.6. The van der Waals surface area contributed by atoms with Gasteiger partial charge in [-0.25, -0.2) is 0 Å². The molecule has 4 heteroatoms. The van der Waals surface area contributed by atoms with Crippen molar-refractivity contribution in [1.82, 2.24) is 0 Å². The number of allylic oxidation sites excluding steroid dienone is 10. The Hall–Kier alpha value is -1.91. The van der Waals surface area contributed by atoms with Crippen LogP contribution in [0.1, 0.15) is 232 Å². The fourth-order valence-electron chi connectivity index (χ4n) is 6.79. The molecule has 0 heterocycles. The fraction of sp³-hybridized carbons (Fsp3) is 0.784. The average molecular weight is 769 g/mol. The van der Waals surface area contributed by atoms with Crippen molar-refractivity contribution in [3.05, 3.63) is 60.8 Å². The van der Waals surface area contributed by atoms with Crippen molar-refractivity contribution in [2.24, 2.45) is 0 Å². The second-order valence-electron chi connectivity index (χ2n) is 15.8. The molecule has 1 unspecified atom stereocenters. The predicted molar refractivity (Wildman–Crippen MR) is 242 cm³/mol. The molecule has 1 N–H and O–H groups in total. The molecule has 0 rings (SSSR count). The molecular weight excluding hydrogens is 677 g/mol. The third-order valence-electron chi connectivity index (χ3n) is 10.3. The Morgan fingerprint density at radius 2 is 0.818 bits per heavy atom. The minimum atomic E-state index is -0.541. The van der Waals surface area contributed by atoms with Crippen molar-refractivity contribution < 1.29 is 19.4 Å². The summed E-state index contributed by atoms with van der Waals surface area (Å²) in [6.07, 6.45) is 64.4. The van der Waals surface area contributed by atoms with E-state index >= 15 is 0 Å². The van der Waals surface area contributed by atoms with Crippen molar-refractivity contribution in [2.45, 2.75) is 238 Å². The summed E-state index contributed by atoms with van der Waals surface area (Å²) in [7, 11) is 0. The summed E-state index contributed by atoms with van der Waals surface area (Å²) in [5.74, 6) is -0.204. The lowest BCUT2D eigenvalue weighted by molar-refractivity contribution is -0.154. The summed E-state index contributed by atoms with van der Waals surface area (Å²) in [6, 6.07) is 0. The van der Waals surface area contributed by atoms with Gasteiger partial charge in [0.2, 0.25) is 0 Å². The Labute approximate surface area is 343 Å². The Morgan fingerprint density at radius 3 is 1.25 bits per heavy atom. The number of carbonyl (C=O) groups is 1. The molecule has 55 heavy (non-hydrogen) atoms. The van der Waals surface area contributed by atoms with Crippen LogP contribution in [0.25, 0.3) is 0 Å². The number of aliphatic hydroxyl groups excluding tert-OH is 1. The lowest BCUT2D eigenvalue weighted by Crippen LogP contribution is -2.27. The van der Waals surface area contributed by atoms with Gasteiger partial charge in [-0.2, -0.15) is 0 Å². The molecule has 0 aromatic carbocycles. The van der Waals surface area contributed by atoms with E-state index in [9.17, 15) is 9.90 Å². The van der Waals surface area contributed by atoms with Crippen LogP contribution in [-0.2, 0) is 14.3 Å². The van der Waals surface area contributed by atoms with E-state index in [1.165, 1.54) is 167 Å². The molecule has 0 fully saturated rings. The number of carbonyl (C=O) groups excluding carboxylic acids is 1. The molecule has 1 atom stereocenters. The normalized spacial score (nSPS) is 12.9. The van der Waals surface area contributed by atoms with Crippen molar-refractivity contribution >= 4 is 5.97 Å². The minimum Gasteiger partial charge on any atom is -0.457 e. The molecule has 0 aromatic rings. The minimum absolute atomic E-state index is 0.176. The summed E-state index contributed by atoms with van der Waals surface area (Å²) in [4.78, 5) is 12.2. The van der Waals surface area contributed by atoms with Crippen LogP contribution >= 0.6 is 0 Å². The maximum absolute atomic E-state index is 12.2. The lowest BCUT2D eigenvalue weighted by Gasteiger charge is -2.16. The van der Waals surface area contributed by atoms with Crippen molar-refractivity contribution in [3.63, 3.8) is 0 Å². The predicted octanol–water partition coefficient (Wildman–Crippen LogP) is 16.0. The SMILES string of the molecule is CC/C=C\C/C=C\C/C=C\C/C=C\CCCCCCCCCCCOCC(CO)OC(=O)CCCCCCCCCCC/C=C\CCCCCCCCCC. The second-order valence-corrected chi connectivity index (χ2v) is 15.8. The lowest BCUT2D eigenvalue weighted by atomic mass is 10.1. The summed E-state index contributed by atoms with van der Waals surface area (Å²) < 4.78 is 11.2. The third-order valence-corrected chi connectivity index (χ3v) is 10.3.